The minimum atomic E-state index is -0.261. The molecular weight excluding hydrogens is 400 g/mol. The molecule has 1 aromatic carbocycles. The summed E-state index contributed by atoms with van der Waals surface area (Å²) in [6.45, 7) is 1.65. The van der Waals surface area contributed by atoms with E-state index in [9.17, 15) is 9.59 Å². The van der Waals surface area contributed by atoms with E-state index >= 15 is 0 Å². The molecule has 0 bridgehead atoms. The van der Waals surface area contributed by atoms with Gasteiger partial charge in [-0.2, -0.15) is 0 Å². The van der Waals surface area contributed by atoms with Crippen LogP contribution in [0.25, 0.3) is 6.08 Å². The van der Waals surface area contributed by atoms with Crippen molar-refractivity contribution in [1.29, 1.82) is 0 Å². The van der Waals surface area contributed by atoms with Crippen LogP contribution in [-0.4, -0.2) is 66.6 Å². The molecule has 1 fully saturated rings. The number of nitrogens with zero attached hydrogens (tertiary/aromatic N) is 2. The molecule has 0 radical (unpaired) electrons. The summed E-state index contributed by atoms with van der Waals surface area (Å²) in [5, 5.41) is 0. The molecule has 1 saturated heterocycles. The molecule has 1 amide bonds. The molecule has 0 unspecified atom stereocenters. The molecule has 0 spiro atoms. The Labute approximate surface area is 173 Å². The van der Waals surface area contributed by atoms with Gasteiger partial charge >= 0.3 is 5.97 Å². The fourth-order valence-electron chi connectivity index (χ4n) is 2.64. The van der Waals surface area contributed by atoms with Gasteiger partial charge in [0.05, 0.1) is 4.91 Å². The molecule has 0 N–H and O–H groups in total. The Morgan fingerprint density at radius 2 is 2.14 bits per heavy atom. The summed E-state index contributed by atoms with van der Waals surface area (Å²) in [6.07, 6.45) is 2.55. The van der Waals surface area contributed by atoms with E-state index in [1.54, 1.807) is 6.08 Å². The third kappa shape index (κ3) is 5.24. The fraction of sp³-hybridized carbons (Fsp3) is 0.421. The fourth-order valence-corrected chi connectivity index (χ4v) is 3.95. The third-order valence-corrected chi connectivity index (χ3v) is 5.51. The lowest BCUT2D eigenvalue weighted by Gasteiger charge is -2.14. The summed E-state index contributed by atoms with van der Waals surface area (Å²) in [7, 11) is 3.83. The molecule has 0 aromatic heterocycles. The second kappa shape index (κ2) is 9.40. The van der Waals surface area contributed by atoms with E-state index in [-0.39, 0.29) is 25.1 Å². The second-order valence-corrected chi connectivity index (χ2v) is 8.25. The Morgan fingerprint density at radius 3 is 2.93 bits per heavy atom. The van der Waals surface area contributed by atoms with E-state index in [1.807, 2.05) is 37.2 Å². The van der Waals surface area contributed by atoms with Crippen molar-refractivity contribution in [3.05, 3.63) is 28.7 Å². The highest BCUT2D eigenvalue weighted by Crippen LogP contribution is 2.36. The second-order valence-electron chi connectivity index (χ2n) is 6.57. The number of carbonyl (C=O) groups is 2. The van der Waals surface area contributed by atoms with Crippen molar-refractivity contribution in [3.63, 3.8) is 0 Å². The topological polar surface area (TPSA) is 68.3 Å². The first-order valence-electron chi connectivity index (χ1n) is 8.89. The van der Waals surface area contributed by atoms with Gasteiger partial charge in [0.1, 0.15) is 10.9 Å². The number of thioether (sulfide) groups is 1. The maximum absolute atomic E-state index is 12.6. The van der Waals surface area contributed by atoms with Crippen LogP contribution in [0.3, 0.4) is 0 Å². The number of fused-ring (bicyclic) bond motifs is 1. The van der Waals surface area contributed by atoms with Crippen molar-refractivity contribution in [2.75, 3.05) is 40.6 Å². The van der Waals surface area contributed by atoms with Gasteiger partial charge < -0.3 is 19.1 Å². The van der Waals surface area contributed by atoms with Crippen molar-refractivity contribution in [2.45, 2.75) is 12.8 Å². The number of likely N-dealkylation sites (N-methyl/N-ethyl adjacent to an activating group) is 1. The van der Waals surface area contributed by atoms with Crippen LogP contribution in [0.2, 0.25) is 0 Å². The summed E-state index contributed by atoms with van der Waals surface area (Å²) in [5.41, 5.74) is 0.842. The maximum Gasteiger partial charge on any atom is 0.305 e. The molecule has 0 atom stereocenters. The molecule has 28 heavy (non-hydrogen) atoms. The lowest BCUT2D eigenvalue weighted by Crippen LogP contribution is -2.29. The van der Waals surface area contributed by atoms with Gasteiger partial charge in [0.2, 0.25) is 6.79 Å². The molecule has 2 heterocycles. The standard InChI is InChI=1S/C19H22N2O5S2/c1-20(2)8-9-24-17(22)4-3-7-21-18(23)16(28-19(21)27)11-13-5-6-14-15(10-13)26-12-25-14/h5-6,10-11H,3-4,7-9,12H2,1-2H3. The average Bonchev–Trinajstić information content (AvgIpc) is 3.20. The minimum absolute atomic E-state index is 0.145. The van der Waals surface area contributed by atoms with Crippen LogP contribution in [0, 0.1) is 0 Å². The first-order chi connectivity index (χ1) is 13.4. The number of thiocarbonyl (C=S) groups is 1. The SMILES string of the molecule is CN(C)CCOC(=O)CCCN1C(=O)C(=Cc2ccc3c(c2)OCO3)SC1=S. The van der Waals surface area contributed by atoms with E-state index in [0.29, 0.717) is 46.8 Å². The van der Waals surface area contributed by atoms with E-state index < -0.39 is 0 Å². The van der Waals surface area contributed by atoms with Gasteiger partial charge in [-0.3, -0.25) is 14.5 Å². The van der Waals surface area contributed by atoms with Crippen molar-refractivity contribution in [2.24, 2.45) is 0 Å². The van der Waals surface area contributed by atoms with Gasteiger partial charge in [-0.25, -0.2) is 0 Å². The third-order valence-electron chi connectivity index (χ3n) is 4.13. The van der Waals surface area contributed by atoms with E-state index in [1.165, 1.54) is 16.7 Å². The van der Waals surface area contributed by atoms with Crippen molar-refractivity contribution in [1.82, 2.24) is 9.80 Å². The number of esters is 1. The molecule has 7 nitrogen and oxygen atoms in total. The number of benzene rings is 1. The molecule has 0 aliphatic carbocycles. The lowest BCUT2D eigenvalue weighted by atomic mass is 10.2. The quantitative estimate of drug-likeness (QED) is 0.360. The molecular formula is C19H22N2O5S2. The monoisotopic (exact) mass is 422 g/mol. The Bertz CT molecular complexity index is 810. The Balaban J connectivity index is 1.51. The summed E-state index contributed by atoms with van der Waals surface area (Å²) < 4.78 is 16.3. The van der Waals surface area contributed by atoms with Crippen LogP contribution in [0.4, 0.5) is 0 Å². The number of amides is 1. The first-order valence-corrected chi connectivity index (χ1v) is 10.1. The predicted octanol–water partition coefficient (Wildman–Crippen LogP) is 2.50. The van der Waals surface area contributed by atoms with Crippen LogP contribution in [0.1, 0.15) is 18.4 Å². The Hall–Kier alpha value is -2.10. The molecule has 1 aromatic rings. The summed E-state index contributed by atoms with van der Waals surface area (Å²) in [5.74, 6) is 0.955. The zero-order chi connectivity index (χ0) is 20.1. The van der Waals surface area contributed by atoms with Crippen molar-refractivity contribution < 1.29 is 23.8 Å². The van der Waals surface area contributed by atoms with Gasteiger partial charge in [-0.1, -0.05) is 30.0 Å². The largest absolute Gasteiger partial charge is 0.464 e. The summed E-state index contributed by atoms with van der Waals surface area (Å²) in [6, 6.07) is 5.51. The number of hydrogen-bond acceptors (Lipinski definition) is 8. The highest BCUT2D eigenvalue weighted by molar-refractivity contribution is 8.26. The zero-order valence-electron chi connectivity index (χ0n) is 15.8. The van der Waals surface area contributed by atoms with Gasteiger partial charge in [0.15, 0.2) is 11.5 Å². The molecule has 0 saturated carbocycles. The van der Waals surface area contributed by atoms with Crippen LogP contribution < -0.4 is 9.47 Å². The first kappa shape index (κ1) is 20.6. The lowest BCUT2D eigenvalue weighted by molar-refractivity contribution is -0.144. The van der Waals surface area contributed by atoms with E-state index in [2.05, 4.69) is 0 Å². The molecule has 3 rings (SSSR count). The summed E-state index contributed by atoms with van der Waals surface area (Å²) in [4.78, 5) is 28.4. The number of hydrogen-bond donors (Lipinski definition) is 0. The number of ether oxygens (including phenoxy) is 3. The smallest absolute Gasteiger partial charge is 0.305 e. The predicted molar refractivity (Wildman–Crippen MR) is 111 cm³/mol. The van der Waals surface area contributed by atoms with E-state index in [4.69, 9.17) is 26.4 Å². The minimum Gasteiger partial charge on any atom is -0.464 e. The highest BCUT2D eigenvalue weighted by Gasteiger charge is 2.31. The van der Waals surface area contributed by atoms with Gasteiger partial charge in [-0.15, -0.1) is 0 Å². The number of carbonyl (C=O) groups excluding carboxylic acids is 2. The molecule has 2 aliphatic heterocycles. The van der Waals surface area contributed by atoms with Crippen LogP contribution in [0.5, 0.6) is 11.5 Å². The van der Waals surface area contributed by atoms with Gasteiger partial charge in [-0.05, 0) is 44.3 Å². The van der Waals surface area contributed by atoms with Crippen molar-refractivity contribution >= 4 is 46.3 Å². The Morgan fingerprint density at radius 1 is 1.36 bits per heavy atom. The van der Waals surface area contributed by atoms with Gasteiger partial charge in [0.25, 0.3) is 5.91 Å². The van der Waals surface area contributed by atoms with Gasteiger partial charge in [0, 0.05) is 19.5 Å². The average molecular weight is 423 g/mol. The van der Waals surface area contributed by atoms with Crippen LogP contribution in [0.15, 0.2) is 23.1 Å². The zero-order valence-corrected chi connectivity index (χ0v) is 17.4. The molecule has 150 valence electrons. The van der Waals surface area contributed by atoms with Crippen LogP contribution in [-0.2, 0) is 14.3 Å². The normalized spacial score (nSPS) is 17.1. The highest BCUT2D eigenvalue weighted by atomic mass is 32.2. The Kier molecular flexibility index (Phi) is 6.93. The molecule has 2 aliphatic rings. The molecule has 9 heteroatoms. The summed E-state index contributed by atoms with van der Waals surface area (Å²) >= 11 is 6.59. The van der Waals surface area contributed by atoms with Crippen molar-refractivity contribution in [3.8, 4) is 11.5 Å². The van der Waals surface area contributed by atoms with Crippen LogP contribution >= 0.6 is 24.0 Å². The maximum atomic E-state index is 12.6. The number of rotatable bonds is 8. The van der Waals surface area contributed by atoms with E-state index in [0.717, 1.165) is 5.56 Å².